The summed E-state index contributed by atoms with van der Waals surface area (Å²) in [4.78, 5) is 59.2. The zero-order valence-corrected chi connectivity index (χ0v) is 19.5. The highest BCUT2D eigenvalue weighted by molar-refractivity contribution is 5.92. The number of carbonyl (C=O) groups excluding carboxylic acids is 3. The fourth-order valence-electron chi connectivity index (χ4n) is 3.06. The third-order valence-corrected chi connectivity index (χ3v) is 4.91. The van der Waals surface area contributed by atoms with Gasteiger partial charge in [0.15, 0.2) is 5.96 Å². The lowest BCUT2D eigenvalue weighted by molar-refractivity contribution is -0.142. The van der Waals surface area contributed by atoms with Crippen LogP contribution in [-0.2, 0) is 25.6 Å². The minimum atomic E-state index is -1.23. The maximum absolute atomic E-state index is 12.7. The van der Waals surface area contributed by atoms with E-state index in [4.69, 9.17) is 22.9 Å². The van der Waals surface area contributed by atoms with Gasteiger partial charge in [-0.25, -0.2) is 9.78 Å². The zero-order chi connectivity index (χ0) is 26.2. The Morgan fingerprint density at radius 3 is 2.37 bits per heavy atom. The molecule has 3 amide bonds. The van der Waals surface area contributed by atoms with Crippen LogP contribution in [0.5, 0.6) is 0 Å². The quantitative estimate of drug-likeness (QED) is 0.0586. The topological polar surface area (TPSA) is 270 Å². The van der Waals surface area contributed by atoms with Crippen molar-refractivity contribution in [3.05, 3.63) is 18.2 Å². The molecule has 196 valence electrons. The summed E-state index contributed by atoms with van der Waals surface area (Å²) in [5.41, 5.74) is 22.5. The number of hydrogen-bond donors (Lipinski definition) is 9. The summed E-state index contributed by atoms with van der Waals surface area (Å²) in [7, 11) is 0. The van der Waals surface area contributed by atoms with Crippen LogP contribution in [0.15, 0.2) is 17.5 Å². The van der Waals surface area contributed by atoms with E-state index in [1.165, 1.54) is 6.33 Å². The molecule has 1 rings (SSSR count). The molecule has 15 nitrogen and oxygen atoms in total. The van der Waals surface area contributed by atoms with E-state index in [1.54, 1.807) is 6.20 Å². The van der Waals surface area contributed by atoms with Crippen LogP contribution in [0.2, 0.25) is 0 Å². The molecule has 35 heavy (non-hydrogen) atoms. The molecule has 0 spiro atoms. The fraction of sp³-hybridized carbons (Fsp3) is 0.600. The number of unbranched alkanes of at least 4 members (excludes halogenated alkanes) is 1. The van der Waals surface area contributed by atoms with E-state index < -0.39 is 48.4 Å². The van der Waals surface area contributed by atoms with Gasteiger partial charge in [-0.1, -0.05) is 0 Å². The van der Waals surface area contributed by atoms with Gasteiger partial charge in [0.1, 0.15) is 12.1 Å². The first-order valence-electron chi connectivity index (χ1n) is 11.2. The lowest BCUT2D eigenvalue weighted by Crippen LogP contribution is -2.53. The maximum Gasteiger partial charge on any atom is 0.326 e. The van der Waals surface area contributed by atoms with Crippen molar-refractivity contribution in [3.8, 4) is 0 Å². The van der Waals surface area contributed by atoms with Crippen LogP contribution in [0.1, 0.15) is 37.8 Å². The van der Waals surface area contributed by atoms with E-state index in [9.17, 15) is 24.3 Å². The Morgan fingerprint density at radius 2 is 1.77 bits per heavy atom. The molecule has 0 aliphatic rings. The number of rotatable bonds is 17. The minimum absolute atomic E-state index is 0.0950. The molecule has 0 fully saturated rings. The lowest BCUT2D eigenvalue weighted by atomic mass is 10.1. The smallest absolute Gasteiger partial charge is 0.326 e. The van der Waals surface area contributed by atoms with Gasteiger partial charge in [0.05, 0.1) is 18.9 Å². The summed E-state index contributed by atoms with van der Waals surface area (Å²) < 4.78 is 0. The van der Waals surface area contributed by atoms with Gasteiger partial charge in [-0.15, -0.1) is 0 Å². The largest absolute Gasteiger partial charge is 0.480 e. The molecule has 1 aromatic heterocycles. The predicted molar refractivity (Wildman–Crippen MR) is 128 cm³/mol. The Hall–Kier alpha value is -3.72. The van der Waals surface area contributed by atoms with Crippen LogP contribution in [0.4, 0.5) is 0 Å². The maximum atomic E-state index is 12.7. The molecular formula is C20H36N10O5. The first-order valence-corrected chi connectivity index (χ1v) is 11.2. The number of aliphatic carboxylic acids is 1. The SMILES string of the molecule is NCCCCC(NC(=O)C(N)Cc1cnc[nH]1)C(=O)NCC(=O)NC(CCCN=C(N)N)C(=O)O. The second kappa shape index (κ2) is 16.0. The molecule has 0 radical (unpaired) electrons. The molecular weight excluding hydrogens is 460 g/mol. The van der Waals surface area contributed by atoms with Crippen LogP contribution in [-0.4, -0.2) is 82.5 Å². The zero-order valence-electron chi connectivity index (χ0n) is 19.5. The van der Waals surface area contributed by atoms with Crippen LogP contribution >= 0.6 is 0 Å². The molecule has 0 aliphatic carbocycles. The molecule has 15 heteroatoms. The molecule has 0 bridgehead atoms. The number of amides is 3. The van der Waals surface area contributed by atoms with Crippen LogP contribution in [0.3, 0.4) is 0 Å². The number of imidazole rings is 1. The number of aromatic amines is 1. The van der Waals surface area contributed by atoms with E-state index in [-0.39, 0.29) is 31.8 Å². The van der Waals surface area contributed by atoms with Crippen molar-refractivity contribution >= 4 is 29.7 Å². The van der Waals surface area contributed by atoms with Crippen molar-refractivity contribution in [2.45, 2.75) is 56.7 Å². The third-order valence-electron chi connectivity index (χ3n) is 4.91. The summed E-state index contributed by atoms with van der Waals surface area (Å²) in [6.07, 6.45) is 5.12. The average molecular weight is 497 g/mol. The van der Waals surface area contributed by atoms with Gasteiger partial charge < -0.3 is 49.0 Å². The minimum Gasteiger partial charge on any atom is -0.480 e. The van der Waals surface area contributed by atoms with E-state index in [2.05, 4.69) is 30.9 Å². The molecule has 3 unspecified atom stereocenters. The van der Waals surface area contributed by atoms with Gasteiger partial charge >= 0.3 is 5.97 Å². The summed E-state index contributed by atoms with van der Waals surface area (Å²) in [5, 5.41) is 16.7. The number of hydrogen-bond acceptors (Lipinski definition) is 8. The number of aliphatic imine (C=N–C) groups is 1. The number of carboxylic acid groups (broad SMARTS) is 1. The van der Waals surface area contributed by atoms with Crippen molar-refractivity contribution in [2.24, 2.45) is 27.9 Å². The van der Waals surface area contributed by atoms with E-state index in [1.807, 2.05) is 0 Å². The molecule has 0 aliphatic heterocycles. The van der Waals surface area contributed by atoms with Crippen LogP contribution in [0, 0.1) is 0 Å². The third kappa shape index (κ3) is 12.4. The summed E-state index contributed by atoms with van der Waals surface area (Å²) >= 11 is 0. The molecule has 0 aromatic carbocycles. The normalized spacial score (nSPS) is 13.2. The van der Waals surface area contributed by atoms with E-state index in [0.717, 1.165) is 0 Å². The number of H-pyrrole nitrogens is 1. The van der Waals surface area contributed by atoms with Gasteiger partial charge in [0, 0.05) is 24.9 Å². The molecule has 3 atom stereocenters. The Bertz CT molecular complexity index is 841. The summed E-state index contributed by atoms with van der Waals surface area (Å²) in [6, 6.07) is -3.03. The second-order valence-corrected chi connectivity index (χ2v) is 7.86. The summed E-state index contributed by atoms with van der Waals surface area (Å²) in [6.45, 7) is 0.162. The van der Waals surface area contributed by atoms with Crippen molar-refractivity contribution in [2.75, 3.05) is 19.6 Å². The lowest BCUT2D eigenvalue weighted by Gasteiger charge is -2.21. The number of nitrogens with one attached hydrogen (secondary N) is 4. The van der Waals surface area contributed by atoms with Gasteiger partial charge in [-0.3, -0.25) is 19.4 Å². The number of guanidine groups is 1. The van der Waals surface area contributed by atoms with Crippen molar-refractivity contribution in [1.82, 2.24) is 25.9 Å². The first kappa shape index (κ1) is 29.3. The first-order chi connectivity index (χ1) is 16.6. The molecule has 0 saturated carbocycles. The van der Waals surface area contributed by atoms with Crippen LogP contribution < -0.4 is 38.9 Å². The highest BCUT2D eigenvalue weighted by Gasteiger charge is 2.25. The average Bonchev–Trinajstić information content (AvgIpc) is 3.31. The van der Waals surface area contributed by atoms with Gasteiger partial charge in [-0.2, -0.15) is 0 Å². The number of aromatic nitrogens is 2. The second-order valence-electron chi connectivity index (χ2n) is 7.86. The summed E-state index contributed by atoms with van der Waals surface area (Å²) in [5.74, 6) is -3.18. The highest BCUT2D eigenvalue weighted by atomic mass is 16.4. The highest BCUT2D eigenvalue weighted by Crippen LogP contribution is 2.03. The number of nitrogens with two attached hydrogens (primary N) is 4. The number of carbonyl (C=O) groups is 4. The number of carboxylic acids is 1. The van der Waals surface area contributed by atoms with E-state index in [0.29, 0.717) is 31.5 Å². The van der Waals surface area contributed by atoms with Gasteiger partial charge in [0.25, 0.3) is 0 Å². The monoisotopic (exact) mass is 496 g/mol. The fourth-order valence-corrected chi connectivity index (χ4v) is 3.06. The Balaban J connectivity index is 2.61. The number of nitrogens with zero attached hydrogens (tertiary/aromatic N) is 2. The van der Waals surface area contributed by atoms with Crippen molar-refractivity contribution < 1.29 is 24.3 Å². The molecule has 1 aromatic rings. The molecule has 1 heterocycles. The van der Waals surface area contributed by atoms with Crippen molar-refractivity contribution in [3.63, 3.8) is 0 Å². The van der Waals surface area contributed by atoms with Crippen molar-refractivity contribution in [1.29, 1.82) is 0 Å². The molecule has 0 saturated heterocycles. The Labute approximate surface area is 202 Å². The van der Waals surface area contributed by atoms with Crippen LogP contribution in [0.25, 0.3) is 0 Å². The van der Waals surface area contributed by atoms with Gasteiger partial charge in [0.2, 0.25) is 17.7 Å². The predicted octanol–water partition coefficient (Wildman–Crippen LogP) is -3.37. The Kier molecular flexibility index (Phi) is 13.4. The Morgan fingerprint density at radius 1 is 1.06 bits per heavy atom. The van der Waals surface area contributed by atoms with E-state index >= 15 is 0 Å². The van der Waals surface area contributed by atoms with Gasteiger partial charge in [-0.05, 0) is 38.6 Å². The molecule has 13 N–H and O–H groups in total. The standard InChI is InChI=1S/C20H36N10O5/c21-6-2-1-4-14(30-17(32)13(22)8-12-9-25-11-28-12)18(33)27-10-16(31)29-15(19(34)35)5-3-7-26-20(23)24/h9,11,13-15H,1-8,10,21-22H2,(H,25,28)(H,27,33)(H,29,31)(H,30,32)(H,34,35)(H4,23,24,26).